The smallest absolute Gasteiger partial charge is 0.312 e. The third-order valence-corrected chi connectivity index (χ3v) is 7.56. The Morgan fingerprint density at radius 2 is 1.66 bits per heavy atom. The van der Waals surface area contributed by atoms with Crippen molar-refractivity contribution in [3.63, 3.8) is 0 Å². The largest absolute Gasteiger partial charge is 0.382 e. The molecule has 0 aliphatic carbocycles. The Morgan fingerprint density at radius 3 is 2.20 bits per heavy atom. The molecule has 0 spiro atoms. The van der Waals surface area contributed by atoms with E-state index in [9.17, 15) is 4.79 Å². The van der Waals surface area contributed by atoms with Crippen LogP contribution >= 0.6 is 0 Å². The first-order valence-electron chi connectivity index (χ1n) is 15.2. The molecule has 3 rings (SSSR count). The predicted octanol–water partition coefficient (Wildman–Crippen LogP) is 5.19. The fraction of sp³-hybridized carbons (Fsp3) is 0.594. The van der Waals surface area contributed by atoms with E-state index >= 15 is 0 Å². The van der Waals surface area contributed by atoms with Gasteiger partial charge in [0.2, 0.25) is 0 Å². The summed E-state index contributed by atoms with van der Waals surface area (Å²) in [5.74, 6) is 1.85. The third kappa shape index (κ3) is 10.5. The molecule has 9 nitrogen and oxygen atoms in total. The molecule has 9 heteroatoms. The maximum atomic E-state index is 10.8. The zero-order valence-electron chi connectivity index (χ0n) is 26.5. The number of aryl methyl sites for hydroxylation is 2. The van der Waals surface area contributed by atoms with Crippen molar-refractivity contribution in [3.05, 3.63) is 53.4 Å². The van der Waals surface area contributed by atoms with E-state index in [-0.39, 0.29) is 0 Å². The Balaban J connectivity index is 0.000000493. The molecule has 228 valence electrons. The molecule has 1 aromatic carbocycles. The van der Waals surface area contributed by atoms with Crippen molar-refractivity contribution in [2.24, 2.45) is 5.73 Å². The van der Waals surface area contributed by atoms with Gasteiger partial charge in [-0.05, 0) is 45.1 Å². The summed E-state index contributed by atoms with van der Waals surface area (Å²) in [6.07, 6.45) is 4.94. The van der Waals surface area contributed by atoms with E-state index in [2.05, 4.69) is 103 Å². The predicted molar refractivity (Wildman–Crippen MR) is 173 cm³/mol. The van der Waals surface area contributed by atoms with Gasteiger partial charge < -0.3 is 27.0 Å². The SMILES string of the molecule is C=C(NCCNC(N)=O)c1nc(C)c(N2CCN(C(CCC)CCC)C(C)C2)nc1N.Cc1ccc(C(C)C)cc1. The second kappa shape index (κ2) is 16.8. The highest BCUT2D eigenvalue weighted by atomic mass is 16.2. The lowest BCUT2D eigenvalue weighted by Gasteiger charge is -2.44. The molecule has 1 saturated heterocycles. The number of hydrogen-bond acceptors (Lipinski definition) is 7. The first kappa shape index (κ1) is 33.9. The van der Waals surface area contributed by atoms with Crippen molar-refractivity contribution in [2.45, 2.75) is 92.2 Å². The van der Waals surface area contributed by atoms with Crippen molar-refractivity contribution in [2.75, 3.05) is 43.4 Å². The molecule has 1 aromatic heterocycles. The van der Waals surface area contributed by atoms with Crippen LogP contribution in [0.5, 0.6) is 0 Å². The fourth-order valence-corrected chi connectivity index (χ4v) is 5.33. The lowest BCUT2D eigenvalue weighted by Crippen LogP contribution is -2.55. The number of aromatic nitrogens is 2. The van der Waals surface area contributed by atoms with Gasteiger partial charge in [-0.1, -0.05) is 76.9 Å². The monoisotopic (exact) mass is 566 g/mol. The molecule has 1 atom stereocenters. The van der Waals surface area contributed by atoms with E-state index in [1.54, 1.807) is 0 Å². The molecule has 2 aromatic rings. The first-order chi connectivity index (χ1) is 19.5. The Hall–Kier alpha value is -3.33. The van der Waals surface area contributed by atoms with Crippen LogP contribution < -0.4 is 27.0 Å². The fourth-order valence-electron chi connectivity index (χ4n) is 5.33. The normalized spacial score (nSPS) is 15.4. The summed E-state index contributed by atoms with van der Waals surface area (Å²) >= 11 is 0. The molecule has 2 amide bonds. The molecule has 1 fully saturated rings. The summed E-state index contributed by atoms with van der Waals surface area (Å²) in [6, 6.07) is 9.26. The zero-order valence-corrected chi connectivity index (χ0v) is 26.5. The first-order valence-corrected chi connectivity index (χ1v) is 15.2. The van der Waals surface area contributed by atoms with Gasteiger partial charge >= 0.3 is 6.03 Å². The number of carbonyl (C=O) groups is 1. The highest BCUT2D eigenvalue weighted by Gasteiger charge is 2.30. The van der Waals surface area contributed by atoms with Gasteiger partial charge in [-0.3, -0.25) is 4.90 Å². The minimum atomic E-state index is -0.558. The van der Waals surface area contributed by atoms with E-state index in [0.29, 0.717) is 48.3 Å². The molecule has 0 radical (unpaired) electrons. The van der Waals surface area contributed by atoms with Crippen molar-refractivity contribution < 1.29 is 4.79 Å². The second-order valence-electron chi connectivity index (χ2n) is 11.4. The van der Waals surface area contributed by atoms with Crippen LogP contribution in [0.1, 0.15) is 88.7 Å². The molecule has 6 N–H and O–H groups in total. The van der Waals surface area contributed by atoms with E-state index in [1.165, 1.54) is 36.8 Å². The highest BCUT2D eigenvalue weighted by molar-refractivity contribution is 5.72. The molecule has 41 heavy (non-hydrogen) atoms. The number of nitrogen functional groups attached to an aromatic ring is 1. The number of anilines is 2. The van der Waals surface area contributed by atoms with Crippen molar-refractivity contribution >= 4 is 23.4 Å². The number of amides is 2. The molecular formula is C32H54N8O. The van der Waals surface area contributed by atoms with Crippen LogP contribution in [0, 0.1) is 13.8 Å². The molecule has 1 aliphatic rings. The summed E-state index contributed by atoms with van der Waals surface area (Å²) in [6.45, 7) is 23.1. The standard InChI is InChI=1S/C22H40N8O.C10H14/c1-6-8-18(9-7-2)30-13-12-29(14-15(30)3)21-17(5)27-19(20(23)28-21)16(4)25-10-11-26-22(24)31;1-8(2)10-6-4-9(3)5-7-10/h15,18,25H,4,6-14H2,1-3,5H3,(H2,23,28)(H3,24,26,31);4-8H,1-3H3. The van der Waals surface area contributed by atoms with Gasteiger partial charge in [0.15, 0.2) is 11.6 Å². The Kier molecular flexibility index (Phi) is 13.9. The van der Waals surface area contributed by atoms with Crippen molar-refractivity contribution in [3.8, 4) is 0 Å². The number of rotatable bonds is 12. The Morgan fingerprint density at radius 1 is 1.05 bits per heavy atom. The number of hydrogen-bond donors (Lipinski definition) is 4. The molecular weight excluding hydrogens is 512 g/mol. The van der Waals surface area contributed by atoms with Gasteiger partial charge in [-0.25, -0.2) is 14.8 Å². The van der Waals surface area contributed by atoms with Gasteiger partial charge in [0.1, 0.15) is 5.69 Å². The van der Waals surface area contributed by atoms with Gasteiger partial charge in [0, 0.05) is 44.8 Å². The van der Waals surface area contributed by atoms with Gasteiger partial charge in [0.05, 0.1) is 11.4 Å². The average Bonchev–Trinajstić information content (AvgIpc) is 2.92. The number of piperazine rings is 1. The van der Waals surface area contributed by atoms with Crippen LogP contribution in [0.15, 0.2) is 30.8 Å². The number of benzene rings is 1. The van der Waals surface area contributed by atoms with E-state index < -0.39 is 6.03 Å². The van der Waals surface area contributed by atoms with Gasteiger partial charge in [-0.2, -0.15) is 0 Å². The summed E-state index contributed by atoms with van der Waals surface area (Å²) in [7, 11) is 0. The number of nitrogens with zero attached hydrogens (tertiary/aromatic N) is 4. The summed E-state index contributed by atoms with van der Waals surface area (Å²) in [5.41, 5.74) is 16.0. The summed E-state index contributed by atoms with van der Waals surface area (Å²) in [5, 5.41) is 5.62. The number of nitrogens with one attached hydrogen (secondary N) is 2. The second-order valence-corrected chi connectivity index (χ2v) is 11.4. The van der Waals surface area contributed by atoms with Crippen molar-refractivity contribution in [1.29, 1.82) is 0 Å². The lowest BCUT2D eigenvalue weighted by molar-refractivity contribution is 0.114. The van der Waals surface area contributed by atoms with Gasteiger partial charge in [-0.15, -0.1) is 0 Å². The molecule has 0 bridgehead atoms. The number of carbonyl (C=O) groups excluding carboxylic acids is 1. The van der Waals surface area contributed by atoms with Gasteiger partial charge in [0.25, 0.3) is 0 Å². The van der Waals surface area contributed by atoms with Crippen molar-refractivity contribution in [1.82, 2.24) is 25.5 Å². The number of urea groups is 1. The van der Waals surface area contributed by atoms with E-state index in [4.69, 9.17) is 11.5 Å². The minimum absolute atomic E-state index is 0.353. The summed E-state index contributed by atoms with van der Waals surface area (Å²) < 4.78 is 0. The Labute approximate surface area is 248 Å². The topological polar surface area (TPSA) is 125 Å². The average molecular weight is 567 g/mol. The lowest BCUT2D eigenvalue weighted by atomic mass is 10.0. The molecule has 1 aliphatic heterocycles. The maximum Gasteiger partial charge on any atom is 0.312 e. The zero-order chi connectivity index (χ0) is 30.5. The quantitative estimate of drug-likeness (QED) is 0.260. The van der Waals surface area contributed by atoms with Crippen LogP contribution in [0.3, 0.4) is 0 Å². The number of nitrogens with two attached hydrogens (primary N) is 2. The molecule has 2 heterocycles. The highest BCUT2D eigenvalue weighted by Crippen LogP contribution is 2.26. The maximum absolute atomic E-state index is 10.8. The van der Waals surface area contributed by atoms with Crippen LogP contribution in [0.4, 0.5) is 16.4 Å². The summed E-state index contributed by atoms with van der Waals surface area (Å²) in [4.78, 5) is 25.1. The molecule has 0 saturated carbocycles. The minimum Gasteiger partial charge on any atom is -0.382 e. The third-order valence-electron chi connectivity index (χ3n) is 7.56. The Bertz CT molecular complexity index is 1100. The van der Waals surface area contributed by atoms with Crippen LogP contribution in [-0.2, 0) is 0 Å². The van der Waals surface area contributed by atoms with Crippen LogP contribution in [-0.4, -0.2) is 65.7 Å². The van der Waals surface area contributed by atoms with Crippen LogP contribution in [0.2, 0.25) is 0 Å². The van der Waals surface area contributed by atoms with E-state index in [1.807, 2.05) is 6.92 Å². The van der Waals surface area contributed by atoms with Crippen LogP contribution in [0.25, 0.3) is 5.70 Å². The number of primary amides is 1. The van der Waals surface area contributed by atoms with E-state index in [0.717, 1.165) is 31.1 Å². The molecule has 1 unspecified atom stereocenters.